The summed E-state index contributed by atoms with van der Waals surface area (Å²) in [4.78, 5) is 23.7. The van der Waals surface area contributed by atoms with Crippen LogP contribution in [0.15, 0.2) is 9.59 Å². The molecule has 1 rings (SSSR count). The number of hydrogen-bond acceptors (Lipinski definition) is 2. The molecule has 13 heavy (non-hydrogen) atoms. The number of nitrogens with zero attached hydrogens (tertiary/aromatic N) is 1. The lowest BCUT2D eigenvalue weighted by Gasteiger charge is -1.97. The minimum Gasteiger partial charge on any atom is -0.269 e. The molecule has 2 N–H and O–H groups in total. The summed E-state index contributed by atoms with van der Waals surface area (Å²) in [5, 5.41) is 2.40. The summed E-state index contributed by atoms with van der Waals surface area (Å²) < 4.78 is 1.30. The number of aromatic amines is 2. The van der Waals surface area contributed by atoms with Gasteiger partial charge in [-0.25, -0.2) is 19.4 Å². The van der Waals surface area contributed by atoms with E-state index in [1.54, 1.807) is 0 Å². The molecule has 0 aliphatic heterocycles. The SMILES string of the molecule is CCCCCn1[nH]c(=O)[nH]c1=O.F. The topological polar surface area (TPSA) is 70.7 Å². The third kappa shape index (κ3) is 3.27. The largest absolute Gasteiger partial charge is 0.344 e. The number of aromatic nitrogens is 3. The second-order valence-electron chi connectivity index (χ2n) is 2.73. The lowest BCUT2D eigenvalue weighted by molar-refractivity contribution is 0.536. The predicted molar refractivity (Wildman–Crippen MR) is 47.7 cm³/mol. The van der Waals surface area contributed by atoms with Gasteiger partial charge in [0.2, 0.25) is 0 Å². The lowest BCUT2D eigenvalue weighted by atomic mass is 10.2. The van der Waals surface area contributed by atoms with E-state index in [9.17, 15) is 9.59 Å². The van der Waals surface area contributed by atoms with Gasteiger partial charge in [-0.05, 0) is 6.42 Å². The van der Waals surface area contributed by atoms with E-state index in [4.69, 9.17) is 0 Å². The van der Waals surface area contributed by atoms with Gasteiger partial charge in [-0.2, -0.15) is 0 Å². The molecule has 0 aromatic carbocycles. The van der Waals surface area contributed by atoms with Crippen LogP contribution in [0, 0.1) is 0 Å². The Hall–Kier alpha value is -1.33. The quantitative estimate of drug-likeness (QED) is 0.668. The fraction of sp³-hybridized carbons (Fsp3) is 0.714. The van der Waals surface area contributed by atoms with E-state index in [0.29, 0.717) is 6.54 Å². The van der Waals surface area contributed by atoms with Crippen molar-refractivity contribution in [1.82, 2.24) is 14.8 Å². The zero-order valence-electron chi connectivity index (χ0n) is 7.50. The highest BCUT2D eigenvalue weighted by Crippen LogP contribution is 1.93. The summed E-state index contributed by atoms with van der Waals surface area (Å²) in [6, 6.07) is 0. The van der Waals surface area contributed by atoms with Crippen LogP contribution in [0.2, 0.25) is 0 Å². The Morgan fingerprint density at radius 2 is 2.00 bits per heavy atom. The molecule has 0 saturated heterocycles. The third-order valence-electron chi connectivity index (χ3n) is 1.69. The van der Waals surface area contributed by atoms with Gasteiger partial charge in [0, 0.05) is 6.54 Å². The first-order chi connectivity index (χ1) is 5.74. The van der Waals surface area contributed by atoms with Crippen molar-refractivity contribution in [2.24, 2.45) is 0 Å². The summed E-state index contributed by atoms with van der Waals surface area (Å²) >= 11 is 0. The number of aryl methyl sites for hydroxylation is 1. The van der Waals surface area contributed by atoms with Crippen LogP contribution in [0.25, 0.3) is 0 Å². The fourth-order valence-corrected chi connectivity index (χ4v) is 1.04. The summed E-state index contributed by atoms with van der Waals surface area (Å²) in [7, 11) is 0. The molecule has 0 fully saturated rings. The molecule has 1 aromatic rings. The summed E-state index contributed by atoms with van der Waals surface area (Å²) in [5.41, 5.74) is -0.785. The van der Waals surface area contributed by atoms with E-state index < -0.39 is 5.69 Å². The molecule has 0 saturated carbocycles. The van der Waals surface area contributed by atoms with Gasteiger partial charge < -0.3 is 0 Å². The van der Waals surface area contributed by atoms with Crippen LogP contribution in [0.5, 0.6) is 0 Å². The number of rotatable bonds is 4. The zero-order valence-corrected chi connectivity index (χ0v) is 7.50. The van der Waals surface area contributed by atoms with Crippen molar-refractivity contribution in [3.05, 3.63) is 21.0 Å². The van der Waals surface area contributed by atoms with Crippen LogP contribution in [0.4, 0.5) is 4.70 Å². The van der Waals surface area contributed by atoms with Gasteiger partial charge in [0.1, 0.15) is 0 Å². The standard InChI is InChI=1S/C7H13N3O2.FH/c1-2-3-4-5-10-7(12)8-6(11)9-10;/h2-5H2,1H3,(H2,8,9,11,12);1H. The molecule has 0 aliphatic rings. The molecule has 0 amide bonds. The Bertz CT molecular complexity index is 338. The molecule has 0 atom stereocenters. The summed E-state index contributed by atoms with van der Waals surface area (Å²) in [5.74, 6) is 0. The van der Waals surface area contributed by atoms with Gasteiger partial charge in [-0.1, -0.05) is 19.8 Å². The van der Waals surface area contributed by atoms with Crippen molar-refractivity contribution in [3.8, 4) is 0 Å². The minimum atomic E-state index is -0.434. The van der Waals surface area contributed by atoms with Crippen molar-refractivity contribution in [3.63, 3.8) is 0 Å². The Morgan fingerprint density at radius 3 is 2.46 bits per heavy atom. The van der Waals surface area contributed by atoms with Crippen molar-refractivity contribution in [1.29, 1.82) is 0 Å². The van der Waals surface area contributed by atoms with Crippen LogP contribution >= 0.6 is 0 Å². The van der Waals surface area contributed by atoms with Gasteiger partial charge in [-0.3, -0.25) is 9.69 Å². The number of nitrogens with one attached hydrogen (secondary N) is 2. The first-order valence-electron chi connectivity index (χ1n) is 4.13. The van der Waals surface area contributed by atoms with E-state index in [1.807, 2.05) is 0 Å². The molecule has 5 nitrogen and oxygen atoms in total. The van der Waals surface area contributed by atoms with Gasteiger partial charge in [0.15, 0.2) is 0 Å². The normalized spacial score (nSPS) is 9.62. The Morgan fingerprint density at radius 1 is 1.31 bits per heavy atom. The van der Waals surface area contributed by atoms with Crippen LogP contribution in [0.1, 0.15) is 26.2 Å². The predicted octanol–water partition coefficient (Wildman–Crippen LogP) is 0.207. The van der Waals surface area contributed by atoms with E-state index in [2.05, 4.69) is 17.0 Å². The monoisotopic (exact) mass is 191 g/mol. The molecule has 1 heterocycles. The van der Waals surface area contributed by atoms with Gasteiger partial charge in [0.05, 0.1) is 0 Å². The molecule has 0 radical (unpaired) electrons. The molecular weight excluding hydrogens is 177 g/mol. The number of unbranched alkanes of at least 4 members (excludes halogenated alkanes) is 2. The van der Waals surface area contributed by atoms with Crippen molar-refractivity contribution in [2.75, 3.05) is 0 Å². The molecule has 1 aromatic heterocycles. The highest BCUT2D eigenvalue weighted by Gasteiger charge is 1.97. The average Bonchev–Trinajstić information content (AvgIpc) is 2.31. The molecule has 6 heteroatoms. The second-order valence-corrected chi connectivity index (χ2v) is 2.73. The Kier molecular flexibility index (Phi) is 4.79. The van der Waals surface area contributed by atoms with Crippen LogP contribution < -0.4 is 11.4 Å². The maximum atomic E-state index is 10.9. The molecule has 0 unspecified atom stereocenters. The molecule has 76 valence electrons. The number of hydrogen-bond donors (Lipinski definition) is 2. The van der Waals surface area contributed by atoms with Crippen LogP contribution in [0.3, 0.4) is 0 Å². The highest BCUT2D eigenvalue weighted by molar-refractivity contribution is 4.61. The highest BCUT2D eigenvalue weighted by atomic mass is 19.0. The molecule has 0 spiro atoms. The van der Waals surface area contributed by atoms with E-state index in [-0.39, 0.29) is 10.4 Å². The van der Waals surface area contributed by atoms with Crippen molar-refractivity contribution >= 4 is 0 Å². The maximum Gasteiger partial charge on any atom is 0.344 e. The van der Waals surface area contributed by atoms with Gasteiger partial charge >= 0.3 is 11.4 Å². The smallest absolute Gasteiger partial charge is 0.269 e. The van der Waals surface area contributed by atoms with Crippen molar-refractivity contribution in [2.45, 2.75) is 32.7 Å². The molecule has 0 bridgehead atoms. The number of H-pyrrole nitrogens is 2. The summed E-state index contributed by atoms with van der Waals surface area (Å²) in [6.07, 6.45) is 3.09. The fourth-order valence-electron chi connectivity index (χ4n) is 1.04. The molecular formula is C7H14FN3O2. The summed E-state index contributed by atoms with van der Waals surface area (Å²) in [6.45, 7) is 2.67. The first kappa shape index (κ1) is 11.7. The van der Waals surface area contributed by atoms with Crippen LogP contribution in [-0.4, -0.2) is 14.8 Å². The zero-order chi connectivity index (χ0) is 8.97. The Labute approximate surface area is 74.1 Å². The van der Waals surface area contributed by atoms with Gasteiger partial charge in [-0.15, -0.1) is 0 Å². The van der Waals surface area contributed by atoms with Crippen LogP contribution in [-0.2, 0) is 6.54 Å². The first-order valence-corrected chi connectivity index (χ1v) is 4.13. The van der Waals surface area contributed by atoms with E-state index in [1.165, 1.54) is 4.68 Å². The van der Waals surface area contributed by atoms with Gasteiger partial charge in [0.25, 0.3) is 0 Å². The minimum absolute atomic E-state index is 0. The second kappa shape index (κ2) is 5.34. The Balaban J connectivity index is 0.00000144. The van der Waals surface area contributed by atoms with E-state index in [0.717, 1.165) is 19.3 Å². The molecule has 0 aliphatic carbocycles. The average molecular weight is 191 g/mol. The lowest BCUT2D eigenvalue weighted by Crippen LogP contribution is -2.17. The third-order valence-corrected chi connectivity index (χ3v) is 1.69. The number of halogens is 1. The van der Waals surface area contributed by atoms with Crippen molar-refractivity contribution < 1.29 is 4.70 Å². The maximum absolute atomic E-state index is 10.9. The van der Waals surface area contributed by atoms with E-state index >= 15 is 0 Å².